The van der Waals surface area contributed by atoms with Crippen LogP contribution in [0, 0.1) is 0 Å². The Morgan fingerprint density at radius 1 is 1.32 bits per heavy atom. The Morgan fingerprint density at radius 2 is 2.04 bits per heavy atom. The van der Waals surface area contributed by atoms with Crippen LogP contribution in [0.3, 0.4) is 0 Å². The van der Waals surface area contributed by atoms with Gasteiger partial charge in [-0.15, -0.1) is 0 Å². The van der Waals surface area contributed by atoms with Crippen LogP contribution < -0.4 is 5.32 Å². The summed E-state index contributed by atoms with van der Waals surface area (Å²) >= 11 is 0. The van der Waals surface area contributed by atoms with E-state index >= 15 is 0 Å². The summed E-state index contributed by atoms with van der Waals surface area (Å²) in [5.41, 5.74) is 0.924. The Balaban J connectivity index is 1.85. The minimum Gasteiger partial charge on any atom is -0.481 e. The second kappa shape index (κ2) is 10.4. The predicted octanol–water partition coefficient (Wildman–Crippen LogP) is 2.21. The Bertz CT molecular complexity index is 636. The molecule has 2 amide bonds. The first kappa shape index (κ1) is 22.2. The summed E-state index contributed by atoms with van der Waals surface area (Å²) in [7, 11) is 1.78. The molecule has 0 radical (unpaired) electrons. The monoisotopic (exact) mass is 391 g/mol. The van der Waals surface area contributed by atoms with Crippen LogP contribution in [0.25, 0.3) is 0 Å². The fourth-order valence-electron chi connectivity index (χ4n) is 3.40. The summed E-state index contributed by atoms with van der Waals surface area (Å²) in [5.74, 6) is -0.851. The molecule has 1 atom stereocenters. The van der Waals surface area contributed by atoms with Gasteiger partial charge in [-0.25, -0.2) is 4.79 Å². The largest absolute Gasteiger partial charge is 0.481 e. The van der Waals surface area contributed by atoms with E-state index in [0.29, 0.717) is 26.0 Å². The molecular formula is C21H33N3O4. The molecule has 1 aliphatic heterocycles. The molecule has 0 aromatic heterocycles. The highest BCUT2D eigenvalue weighted by Gasteiger charge is 2.27. The van der Waals surface area contributed by atoms with Gasteiger partial charge >= 0.3 is 12.0 Å². The summed E-state index contributed by atoms with van der Waals surface area (Å²) in [6.07, 6.45) is 1.05. The number of carbonyl (C=O) groups excluding carboxylic acids is 1. The summed E-state index contributed by atoms with van der Waals surface area (Å²) < 4.78 is 5.72. The van der Waals surface area contributed by atoms with E-state index in [1.807, 2.05) is 30.3 Å². The topological polar surface area (TPSA) is 82.1 Å². The zero-order valence-electron chi connectivity index (χ0n) is 17.2. The van der Waals surface area contributed by atoms with E-state index in [-0.39, 0.29) is 24.1 Å². The Morgan fingerprint density at radius 3 is 2.68 bits per heavy atom. The number of ether oxygens (including phenoxy) is 1. The molecule has 2 N–H and O–H groups in total. The van der Waals surface area contributed by atoms with Crippen LogP contribution in [0.2, 0.25) is 0 Å². The van der Waals surface area contributed by atoms with Gasteiger partial charge in [0, 0.05) is 45.7 Å². The highest BCUT2D eigenvalue weighted by molar-refractivity contribution is 5.74. The molecule has 1 aromatic carbocycles. The number of benzene rings is 1. The van der Waals surface area contributed by atoms with E-state index in [2.05, 4.69) is 24.1 Å². The first-order valence-electron chi connectivity index (χ1n) is 9.89. The summed E-state index contributed by atoms with van der Waals surface area (Å²) in [5, 5.41) is 12.0. The molecule has 1 aliphatic rings. The second-order valence-corrected chi connectivity index (χ2v) is 8.07. The van der Waals surface area contributed by atoms with Crippen LogP contribution in [0.5, 0.6) is 0 Å². The van der Waals surface area contributed by atoms with Gasteiger partial charge in [-0.3, -0.25) is 9.69 Å². The molecule has 1 fully saturated rings. The highest BCUT2D eigenvalue weighted by Crippen LogP contribution is 2.16. The van der Waals surface area contributed by atoms with E-state index in [1.54, 1.807) is 11.9 Å². The number of rotatable bonds is 9. The molecule has 1 unspecified atom stereocenters. The van der Waals surface area contributed by atoms with E-state index in [0.717, 1.165) is 25.2 Å². The van der Waals surface area contributed by atoms with Gasteiger partial charge in [0.15, 0.2) is 0 Å². The molecule has 0 saturated carbocycles. The van der Waals surface area contributed by atoms with Gasteiger partial charge in [0.25, 0.3) is 0 Å². The van der Waals surface area contributed by atoms with Gasteiger partial charge in [-0.2, -0.15) is 0 Å². The summed E-state index contributed by atoms with van der Waals surface area (Å²) in [6.45, 7) is 7.97. The third-order valence-corrected chi connectivity index (χ3v) is 4.96. The van der Waals surface area contributed by atoms with Crippen molar-refractivity contribution in [2.24, 2.45) is 0 Å². The lowest BCUT2D eigenvalue weighted by molar-refractivity contribution is -0.137. The number of carboxylic acids is 1. The molecule has 2 rings (SSSR count). The molecule has 1 saturated heterocycles. The second-order valence-electron chi connectivity index (χ2n) is 8.07. The Labute approximate surface area is 167 Å². The maximum atomic E-state index is 12.6. The van der Waals surface area contributed by atoms with Gasteiger partial charge in [0.05, 0.1) is 12.2 Å². The van der Waals surface area contributed by atoms with Gasteiger partial charge in [-0.05, 0) is 32.3 Å². The molecule has 28 heavy (non-hydrogen) atoms. The zero-order chi connectivity index (χ0) is 20.6. The molecular weight excluding hydrogens is 358 g/mol. The molecule has 1 heterocycles. The lowest BCUT2D eigenvalue weighted by atomic mass is 10.0. The average Bonchev–Trinajstić information content (AvgIpc) is 2.64. The molecule has 7 nitrogen and oxygen atoms in total. The van der Waals surface area contributed by atoms with Crippen molar-refractivity contribution < 1.29 is 19.4 Å². The third-order valence-electron chi connectivity index (χ3n) is 4.96. The lowest BCUT2D eigenvalue weighted by Gasteiger charge is -2.38. The molecule has 7 heteroatoms. The third kappa shape index (κ3) is 7.86. The first-order chi connectivity index (χ1) is 13.2. The quantitative estimate of drug-likeness (QED) is 0.675. The summed E-state index contributed by atoms with van der Waals surface area (Å²) in [6, 6.07) is 9.43. The Kier molecular flexibility index (Phi) is 8.26. The number of urea groups is 1. The minimum absolute atomic E-state index is 0.0321. The van der Waals surface area contributed by atoms with Gasteiger partial charge < -0.3 is 20.1 Å². The predicted molar refractivity (Wildman–Crippen MR) is 108 cm³/mol. The number of carboxylic acid groups (broad SMARTS) is 1. The van der Waals surface area contributed by atoms with Crippen molar-refractivity contribution in [3.8, 4) is 0 Å². The molecule has 0 spiro atoms. The van der Waals surface area contributed by atoms with E-state index in [1.165, 1.54) is 0 Å². The standard InChI is InChI=1S/C21H33N3O4/c1-21(2)16-24(13-14-28-21)12-11-23(3)20(27)22-18(9-10-19(25)26)15-17-7-5-4-6-8-17/h4-8,18H,9-16H2,1-3H3,(H,22,27)(H,25,26). The van der Waals surface area contributed by atoms with Crippen molar-refractivity contribution in [2.75, 3.05) is 39.8 Å². The number of carbonyl (C=O) groups is 2. The number of morpholine rings is 1. The molecule has 0 aliphatic carbocycles. The molecule has 0 bridgehead atoms. The van der Waals surface area contributed by atoms with E-state index < -0.39 is 5.97 Å². The smallest absolute Gasteiger partial charge is 0.317 e. The van der Waals surface area contributed by atoms with Crippen LogP contribution in [0.15, 0.2) is 30.3 Å². The van der Waals surface area contributed by atoms with Crippen molar-refractivity contribution in [3.05, 3.63) is 35.9 Å². The highest BCUT2D eigenvalue weighted by atomic mass is 16.5. The SMILES string of the molecule is CN(CCN1CCOC(C)(C)C1)C(=O)NC(CCC(=O)O)Cc1ccccc1. The number of likely N-dealkylation sites (N-methyl/N-ethyl adjacent to an activating group) is 1. The number of aliphatic carboxylic acids is 1. The van der Waals surface area contributed by atoms with Crippen molar-refractivity contribution in [1.29, 1.82) is 0 Å². The minimum atomic E-state index is -0.851. The van der Waals surface area contributed by atoms with Crippen molar-refractivity contribution in [1.82, 2.24) is 15.1 Å². The van der Waals surface area contributed by atoms with Crippen molar-refractivity contribution in [3.63, 3.8) is 0 Å². The molecule has 1 aromatic rings. The maximum Gasteiger partial charge on any atom is 0.317 e. The van der Waals surface area contributed by atoms with Crippen molar-refractivity contribution >= 4 is 12.0 Å². The zero-order valence-corrected chi connectivity index (χ0v) is 17.2. The van der Waals surface area contributed by atoms with Crippen LogP contribution in [-0.4, -0.2) is 78.4 Å². The van der Waals surface area contributed by atoms with Crippen LogP contribution in [0.1, 0.15) is 32.3 Å². The van der Waals surface area contributed by atoms with Crippen LogP contribution in [-0.2, 0) is 16.0 Å². The van der Waals surface area contributed by atoms with Crippen LogP contribution >= 0.6 is 0 Å². The number of hydrogen-bond acceptors (Lipinski definition) is 4. The van der Waals surface area contributed by atoms with E-state index in [9.17, 15) is 9.59 Å². The number of nitrogens with zero attached hydrogens (tertiary/aromatic N) is 2. The lowest BCUT2D eigenvalue weighted by Crippen LogP contribution is -2.51. The fraction of sp³-hybridized carbons (Fsp3) is 0.619. The van der Waals surface area contributed by atoms with Gasteiger partial charge in [-0.1, -0.05) is 30.3 Å². The number of amides is 2. The van der Waals surface area contributed by atoms with Gasteiger partial charge in [0.2, 0.25) is 0 Å². The van der Waals surface area contributed by atoms with Gasteiger partial charge in [0.1, 0.15) is 0 Å². The van der Waals surface area contributed by atoms with Crippen LogP contribution in [0.4, 0.5) is 4.79 Å². The summed E-state index contributed by atoms with van der Waals surface area (Å²) in [4.78, 5) is 27.6. The maximum absolute atomic E-state index is 12.6. The van der Waals surface area contributed by atoms with Crippen molar-refractivity contribution in [2.45, 2.75) is 44.8 Å². The Hall–Kier alpha value is -2.12. The average molecular weight is 392 g/mol. The first-order valence-corrected chi connectivity index (χ1v) is 9.89. The van der Waals surface area contributed by atoms with E-state index in [4.69, 9.17) is 9.84 Å². The normalized spacial score (nSPS) is 17.7. The fourth-order valence-corrected chi connectivity index (χ4v) is 3.40. The number of nitrogens with one attached hydrogen (secondary N) is 1. The molecule has 156 valence electrons. The number of hydrogen-bond donors (Lipinski definition) is 2.